The lowest BCUT2D eigenvalue weighted by atomic mass is 9.62. The van der Waals surface area contributed by atoms with Crippen LogP contribution in [0.15, 0.2) is 30.5 Å². The fourth-order valence-electron chi connectivity index (χ4n) is 6.36. The molecular formula is C31H46IN8OP. The number of hydrogen-bond acceptors (Lipinski definition) is 6. The van der Waals surface area contributed by atoms with Crippen molar-refractivity contribution in [2.24, 2.45) is 11.3 Å². The van der Waals surface area contributed by atoms with Gasteiger partial charge >= 0.3 is 0 Å². The number of pyridine rings is 1. The predicted molar refractivity (Wildman–Crippen MR) is 181 cm³/mol. The molecule has 228 valence electrons. The second-order valence-electron chi connectivity index (χ2n) is 13.3. The Bertz CT molecular complexity index is 1380. The van der Waals surface area contributed by atoms with Crippen molar-refractivity contribution in [2.75, 3.05) is 17.2 Å². The van der Waals surface area contributed by atoms with E-state index in [0.717, 1.165) is 56.2 Å². The first-order chi connectivity index (χ1) is 20.1. The monoisotopic (exact) mass is 704 g/mol. The maximum atomic E-state index is 12.1. The second kappa shape index (κ2) is 12.9. The van der Waals surface area contributed by atoms with Crippen molar-refractivity contribution in [3.8, 4) is 0 Å². The average Bonchev–Trinajstić information content (AvgIpc) is 3.60. The first-order valence-corrected chi connectivity index (χ1v) is 19.5. The molecule has 0 spiro atoms. The van der Waals surface area contributed by atoms with E-state index in [1.54, 1.807) is 6.20 Å². The molecule has 2 aliphatic carbocycles. The molecule has 2 fully saturated rings. The molecule has 2 N–H and O–H groups in total. The zero-order valence-electron chi connectivity index (χ0n) is 25.7. The number of anilines is 3. The lowest BCUT2D eigenvalue weighted by Gasteiger charge is -2.48. The topological polar surface area (TPSA) is 92.9 Å². The Labute approximate surface area is 265 Å². The number of rotatable bonds is 9. The van der Waals surface area contributed by atoms with Gasteiger partial charge in [-0.15, -0.1) is 0 Å². The number of amides is 1. The van der Waals surface area contributed by atoms with Crippen LogP contribution in [-0.2, 0) is 29.8 Å². The fraction of sp³-hybridized carbons (Fsp3) is 0.613. The van der Waals surface area contributed by atoms with Crippen LogP contribution in [0, 0.1) is 11.3 Å². The number of hydrogen-bond donors (Lipinski definition) is 2. The number of fused-ring (bicyclic) bond motifs is 1. The maximum absolute atomic E-state index is 12.1. The van der Waals surface area contributed by atoms with Gasteiger partial charge in [0, 0.05) is 55.0 Å². The first kappa shape index (κ1) is 31.4. The van der Waals surface area contributed by atoms with Crippen LogP contribution >= 0.6 is 28.9 Å². The molecular weight excluding hydrogens is 658 g/mol. The molecule has 3 aromatic heterocycles. The molecule has 0 radical (unpaired) electrons. The molecule has 0 saturated heterocycles. The van der Waals surface area contributed by atoms with E-state index in [2.05, 4.69) is 106 Å². The number of nitrogens with one attached hydrogen (secondary N) is 2. The first-order valence-electron chi connectivity index (χ1n) is 15.3. The van der Waals surface area contributed by atoms with Crippen molar-refractivity contribution in [3.63, 3.8) is 0 Å². The largest absolute Gasteiger partial charge is 0.322 e. The molecule has 1 unspecified atom stereocenters. The SMILES string of the molecule is CCC1(CC)CC(n2nc(Nc3cc4n(n3)CCN(Cc3ccnc(NC(=O)C5CC5)c3)C4)cc2C(C)(C)C)C1.PI. The van der Waals surface area contributed by atoms with E-state index in [1.165, 1.54) is 37.1 Å². The van der Waals surface area contributed by atoms with Crippen molar-refractivity contribution in [1.29, 1.82) is 0 Å². The summed E-state index contributed by atoms with van der Waals surface area (Å²) in [4.78, 5) is 18.9. The predicted octanol–water partition coefficient (Wildman–Crippen LogP) is 7.23. The number of aromatic nitrogens is 5. The highest BCUT2D eigenvalue weighted by Gasteiger charge is 2.44. The lowest BCUT2D eigenvalue weighted by Crippen LogP contribution is -2.39. The lowest BCUT2D eigenvalue weighted by molar-refractivity contribution is -0.117. The Morgan fingerprint density at radius 2 is 1.76 bits per heavy atom. The van der Waals surface area contributed by atoms with E-state index >= 15 is 0 Å². The number of carbonyl (C=O) groups is 1. The average molecular weight is 705 g/mol. The molecule has 1 amide bonds. The van der Waals surface area contributed by atoms with E-state index in [-0.39, 0.29) is 17.2 Å². The van der Waals surface area contributed by atoms with Gasteiger partial charge in [-0.25, -0.2) is 4.98 Å². The summed E-state index contributed by atoms with van der Waals surface area (Å²) < 4.78 is 4.40. The van der Waals surface area contributed by atoms with E-state index in [9.17, 15) is 4.79 Å². The zero-order chi connectivity index (χ0) is 30.1. The number of carbonyl (C=O) groups excluding carboxylic acids is 1. The summed E-state index contributed by atoms with van der Waals surface area (Å²) in [6, 6.07) is 8.87. The molecule has 6 rings (SSSR count). The van der Waals surface area contributed by atoms with Gasteiger partial charge in [0.15, 0.2) is 11.6 Å². The van der Waals surface area contributed by atoms with Crippen molar-refractivity contribution < 1.29 is 4.79 Å². The van der Waals surface area contributed by atoms with Crippen LogP contribution in [0.2, 0.25) is 0 Å². The molecule has 3 aromatic rings. The minimum Gasteiger partial charge on any atom is -0.322 e. The summed E-state index contributed by atoms with van der Waals surface area (Å²) in [5.41, 5.74) is 4.12. The van der Waals surface area contributed by atoms with Crippen LogP contribution in [0.3, 0.4) is 0 Å². The minimum absolute atomic E-state index is 0.0189. The number of halogens is 1. The van der Waals surface area contributed by atoms with Gasteiger partial charge in [0.2, 0.25) is 5.91 Å². The van der Waals surface area contributed by atoms with Gasteiger partial charge < -0.3 is 10.6 Å². The molecule has 11 heteroatoms. The molecule has 4 heterocycles. The Balaban J connectivity index is 0.00000173. The zero-order valence-corrected chi connectivity index (χ0v) is 29.0. The molecule has 0 bridgehead atoms. The van der Waals surface area contributed by atoms with Crippen LogP contribution in [0.5, 0.6) is 0 Å². The van der Waals surface area contributed by atoms with Gasteiger partial charge in [0.25, 0.3) is 0 Å². The molecule has 1 atom stereocenters. The highest BCUT2D eigenvalue weighted by molar-refractivity contribution is 14.2. The fourth-order valence-corrected chi connectivity index (χ4v) is 6.36. The molecule has 3 aliphatic rings. The molecule has 9 nitrogen and oxygen atoms in total. The third kappa shape index (κ3) is 7.02. The molecule has 0 aromatic carbocycles. The molecule has 42 heavy (non-hydrogen) atoms. The Hall–Kier alpha value is -2.04. The number of nitrogens with zero attached hydrogens (tertiary/aromatic N) is 6. The Kier molecular flexibility index (Phi) is 9.64. The normalized spacial score (nSPS) is 18.5. The summed E-state index contributed by atoms with van der Waals surface area (Å²) in [5.74, 6) is 2.63. The quantitative estimate of drug-likeness (QED) is 0.181. The third-order valence-electron chi connectivity index (χ3n) is 9.25. The van der Waals surface area contributed by atoms with Crippen molar-refractivity contribution in [1.82, 2.24) is 29.4 Å². The second-order valence-corrected chi connectivity index (χ2v) is 13.3. The Morgan fingerprint density at radius 3 is 2.43 bits per heavy atom. The summed E-state index contributed by atoms with van der Waals surface area (Å²) in [6.45, 7) is 17.2. The summed E-state index contributed by atoms with van der Waals surface area (Å²) in [7, 11) is 0. The van der Waals surface area contributed by atoms with Crippen molar-refractivity contribution in [3.05, 3.63) is 47.4 Å². The molecule has 1 aliphatic heterocycles. The molecule has 2 saturated carbocycles. The van der Waals surface area contributed by atoms with Gasteiger partial charge in [0.1, 0.15) is 5.82 Å². The summed E-state index contributed by atoms with van der Waals surface area (Å²) in [5, 5.41) is 16.4. The summed E-state index contributed by atoms with van der Waals surface area (Å²) in [6.07, 6.45) is 8.68. The van der Waals surface area contributed by atoms with Gasteiger partial charge in [-0.3, -0.25) is 19.1 Å². The third-order valence-corrected chi connectivity index (χ3v) is 9.25. The smallest absolute Gasteiger partial charge is 0.228 e. The highest BCUT2D eigenvalue weighted by Crippen LogP contribution is 2.53. The van der Waals surface area contributed by atoms with Crippen LogP contribution in [-0.4, -0.2) is 41.9 Å². The van der Waals surface area contributed by atoms with E-state index in [1.807, 2.05) is 12.1 Å². The van der Waals surface area contributed by atoms with E-state index in [0.29, 0.717) is 17.3 Å². The van der Waals surface area contributed by atoms with Crippen molar-refractivity contribution in [2.45, 2.75) is 104 Å². The van der Waals surface area contributed by atoms with Gasteiger partial charge in [-0.05, 0) is 48.8 Å². The highest BCUT2D eigenvalue weighted by atomic mass is 127. The van der Waals surface area contributed by atoms with Gasteiger partial charge in [-0.1, -0.05) is 76.4 Å². The van der Waals surface area contributed by atoms with Crippen LogP contribution in [0.1, 0.15) is 96.1 Å². The van der Waals surface area contributed by atoms with Crippen LogP contribution in [0.25, 0.3) is 0 Å². The van der Waals surface area contributed by atoms with E-state index in [4.69, 9.17) is 10.2 Å². The van der Waals surface area contributed by atoms with Crippen LogP contribution in [0.4, 0.5) is 17.5 Å². The standard InChI is InChI=1S/C31H44N8O.H2IP/c1-6-31(7-2)17-24(18-31)39-25(30(3,4)5)16-28(36-39)33-27-15-23-20-37(12-13-38(23)35-27)19-21-10-11-32-26(14-21)34-29(40)22-8-9-22;1-2/h10-11,14-16,22,24H,6-9,12-13,17-20H2,1-5H3,(H,32,34,40)(H,33,35,36);2H2. The van der Waals surface area contributed by atoms with Gasteiger partial charge in [0.05, 0.1) is 18.3 Å². The minimum atomic E-state index is 0.0189. The summed E-state index contributed by atoms with van der Waals surface area (Å²) >= 11 is 2.07. The van der Waals surface area contributed by atoms with Gasteiger partial charge in [-0.2, -0.15) is 10.2 Å². The van der Waals surface area contributed by atoms with E-state index < -0.39 is 0 Å². The van der Waals surface area contributed by atoms with Crippen molar-refractivity contribution >= 4 is 52.3 Å². The van der Waals surface area contributed by atoms with Crippen LogP contribution < -0.4 is 10.6 Å². The Morgan fingerprint density at radius 1 is 1.05 bits per heavy atom. The maximum Gasteiger partial charge on any atom is 0.228 e.